The highest BCUT2D eigenvalue weighted by atomic mass is 15.1. The van der Waals surface area contributed by atoms with Crippen molar-refractivity contribution in [1.29, 1.82) is 0 Å². The van der Waals surface area contributed by atoms with E-state index in [0.29, 0.717) is 0 Å². The van der Waals surface area contributed by atoms with E-state index in [2.05, 4.69) is 86.7 Å². The minimum Gasteiger partial charge on any atom is -0.378 e. The van der Waals surface area contributed by atoms with Crippen LogP contribution in [0.15, 0.2) is 48.5 Å². The van der Waals surface area contributed by atoms with Crippen LogP contribution in [0.4, 0.5) is 5.69 Å². The van der Waals surface area contributed by atoms with E-state index in [0.717, 1.165) is 13.0 Å². The number of hydrogen-bond acceptors (Lipinski definition) is 2. The van der Waals surface area contributed by atoms with Crippen LogP contribution in [0.2, 0.25) is 0 Å². The van der Waals surface area contributed by atoms with Gasteiger partial charge in [0.15, 0.2) is 0 Å². The fraction of sp³-hybridized carbons (Fsp3) is 0.368. The molecule has 0 bridgehead atoms. The molecule has 0 fully saturated rings. The van der Waals surface area contributed by atoms with Gasteiger partial charge in [-0.1, -0.05) is 48.9 Å². The van der Waals surface area contributed by atoms with Gasteiger partial charge in [0, 0.05) is 19.8 Å². The molecule has 2 heteroatoms. The van der Waals surface area contributed by atoms with E-state index in [-0.39, 0.29) is 6.04 Å². The molecular weight excluding hydrogens is 256 g/mol. The Kier molecular flexibility index (Phi) is 5.40. The lowest BCUT2D eigenvalue weighted by Gasteiger charge is -2.22. The summed E-state index contributed by atoms with van der Waals surface area (Å²) in [5.74, 6) is 0. The molecule has 0 radical (unpaired) electrons. The Morgan fingerprint density at radius 1 is 1.00 bits per heavy atom. The van der Waals surface area contributed by atoms with E-state index in [4.69, 9.17) is 0 Å². The molecule has 2 aromatic carbocycles. The standard InChI is InChI=1S/C19H26N2/c1-5-13-20-19(16-11-9-15(2)10-12-16)17-7-6-8-18(14-17)21(3)4/h6-12,14,19-20H,5,13H2,1-4H3. The average molecular weight is 282 g/mol. The first-order valence-electron chi connectivity index (χ1n) is 7.69. The van der Waals surface area contributed by atoms with Crippen LogP contribution < -0.4 is 10.2 Å². The van der Waals surface area contributed by atoms with E-state index < -0.39 is 0 Å². The summed E-state index contributed by atoms with van der Waals surface area (Å²) in [6, 6.07) is 17.8. The number of nitrogens with zero attached hydrogens (tertiary/aromatic N) is 1. The largest absolute Gasteiger partial charge is 0.378 e. The summed E-state index contributed by atoms with van der Waals surface area (Å²) < 4.78 is 0. The lowest BCUT2D eigenvalue weighted by Crippen LogP contribution is -2.23. The van der Waals surface area contributed by atoms with Crippen molar-refractivity contribution in [3.63, 3.8) is 0 Å². The monoisotopic (exact) mass is 282 g/mol. The van der Waals surface area contributed by atoms with Crippen molar-refractivity contribution < 1.29 is 0 Å². The fourth-order valence-electron chi connectivity index (χ4n) is 2.46. The first-order valence-corrected chi connectivity index (χ1v) is 7.69. The van der Waals surface area contributed by atoms with Gasteiger partial charge >= 0.3 is 0 Å². The molecular formula is C19H26N2. The van der Waals surface area contributed by atoms with Crippen LogP contribution in [0.3, 0.4) is 0 Å². The molecule has 0 heterocycles. The van der Waals surface area contributed by atoms with Gasteiger partial charge in [0.2, 0.25) is 0 Å². The molecule has 112 valence electrons. The smallest absolute Gasteiger partial charge is 0.0577 e. The van der Waals surface area contributed by atoms with E-state index in [1.54, 1.807) is 0 Å². The van der Waals surface area contributed by atoms with Crippen LogP contribution in [0.1, 0.15) is 36.1 Å². The zero-order valence-corrected chi connectivity index (χ0v) is 13.6. The summed E-state index contributed by atoms with van der Waals surface area (Å²) in [5, 5.41) is 3.67. The van der Waals surface area contributed by atoms with Crippen LogP contribution in [-0.4, -0.2) is 20.6 Å². The molecule has 1 N–H and O–H groups in total. The van der Waals surface area contributed by atoms with Gasteiger partial charge in [-0.05, 0) is 43.1 Å². The molecule has 0 saturated heterocycles. The Bertz CT molecular complexity index is 558. The second kappa shape index (κ2) is 7.28. The molecule has 0 aromatic heterocycles. The highest BCUT2D eigenvalue weighted by molar-refractivity contribution is 5.49. The summed E-state index contributed by atoms with van der Waals surface area (Å²) in [6.07, 6.45) is 1.13. The lowest BCUT2D eigenvalue weighted by atomic mass is 9.97. The molecule has 2 rings (SSSR count). The highest BCUT2D eigenvalue weighted by Gasteiger charge is 2.13. The predicted octanol–water partition coefficient (Wildman–Crippen LogP) is 4.15. The van der Waals surface area contributed by atoms with Crippen molar-refractivity contribution in [3.05, 3.63) is 65.2 Å². The molecule has 0 amide bonds. The third-order valence-corrected chi connectivity index (χ3v) is 3.73. The Morgan fingerprint density at radius 3 is 2.33 bits per heavy atom. The maximum atomic E-state index is 3.67. The topological polar surface area (TPSA) is 15.3 Å². The maximum Gasteiger partial charge on any atom is 0.0577 e. The van der Waals surface area contributed by atoms with Crippen molar-refractivity contribution >= 4 is 5.69 Å². The Hall–Kier alpha value is -1.80. The van der Waals surface area contributed by atoms with Gasteiger partial charge in [0.05, 0.1) is 6.04 Å². The fourth-order valence-corrected chi connectivity index (χ4v) is 2.46. The Labute approximate surface area is 128 Å². The molecule has 2 nitrogen and oxygen atoms in total. The SMILES string of the molecule is CCCNC(c1ccc(C)cc1)c1cccc(N(C)C)c1. The highest BCUT2D eigenvalue weighted by Crippen LogP contribution is 2.25. The maximum absolute atomic E-state index is 3.67. The second-order valence-electron chi connectivity index (χ2n) is 5.79. The summed E-state index contributed by atoms with van der Waals surface area (Å²) in [4.78, 5) is 2.15. The van der Waals surface area contributed by atoms with Gasteiger partial charge < -0.3 is 10.2 Å². The molecule has 0 aliphatic rings. The number of aryl methyl sites for hydroxylation is 1. The van der Waals surface area contributed by atoms with E-state index in [1.165, 1.54) is 22.4 Å². The van der Waals surface area contributed by atoms with Crippen molar-refractivity contribution in [3.8, 4) is 0 Å². The zero-order chi connectivity index (χ0) is 15.2. The average Bonchev–Trinajstić information content (AvgIpc) is 2.49. The predicted molar refractivity (Wildman–Crippen MR) is 92.1 cm³/mol. The number of hydrogen-bond donors (Lipinski definition) is 1. The number of anilines is 1. The quantitative estimate of drug-likeness (QED) is 0.856. The van der Waals surface area contributed by atoms with Gasteiger partial charge in [0.25, 0.3) is 0 Å². The van der Waals surface area contributed by atoms with Gasteiger partial charge in [-0.25, -0.2) is 0 Å². The molecule has 0 saturated carbocycles. The molecule has 0 spiro atoms. The zero-order valence-electron chi connectivity index (χ0n) is 13.6. The van der Waals surface area contributed by atoms with Crippen LogP contribution in [-0.2, 0) is 0 Å². The van der Waals surface area contributed by atoms with Gasteiger partial charge in [-0.3, -0.25) is 0 Å². The molecule has 21 heavy (non-hydrogen) atoms. The van der Waals surface area contributed by atoms with E-state index in [9.17, 15) is 0 Å². The molecule has 1 atom stereocenters. The van der Waals surface area contributed by atoms with Crippen LogP contribution in [0.5, 0.6) is 0 Å². The molecule has 0 aliphatic heterocycles. The summed E-state index contributed by atoms with van der Waals surface area (Å²) >= 11 is 0. The lowest BCUT2D eigenvalue weighted by molar-refractivity contribution is 0.598. The van der Waals surface area contributed by atoms with Crippen LogP contribution in [0, 0.1) is 6.92 Å². The number of nitrogens with one attached hydrogen (secondary N) is 1. The number of benzene rings is 2. The van der Waals surface area contributed by atoms with Crippen molar-refractivity contribution in [1.82, 2.24) is 5.32 Å². The first kappa shape index (κ1) is 15.6. The molecule has 2 aromatic rings. The minimum absolute atomic E-state index is 0.255. The van der Waals surface area contributed by atoms with Gasteiger partial charge in [-0.15, -0.1) is 0 Å². The van der Waals surface area contributed by atoms with Crippen LogP contribution in [0.25, 0.3) is 0 Å². The minimum atomic E-state index is 0.255. The number of rotatable bonds is 6. The van der Waals surface area contributed by atoms with E-state index >= 15 is 0 Å². The molecule has 0 aliphatic carbocycles. The summed E-state index contributed by atoms with van der Waals surface area (Å²) in [7, 11) is 4.17. The Morgan fingerprint density at radius 2 is 1.71 bits per heavy atom. The third kappa shape index (κ3) is 4.08. The summed E-state index contributed by atoms with van der Waals surface area (Å²) in [6.45, 7) is 5.35. The van der Waals surface area contributed by atoms with E-state index in [1.807, 2.05) is 0 Å². The summed E-state index contributed by atoms with van der Waals surface area (Å²) in [5.41, 5.74) is 5.18. The Balaban J connectivity index is 2.35. The van der Waals surface area contributed by atoms with Gasteiger partial charge in [0.1, 0.15) is 0 Å². The first-order chi connectivity index (χ1) is 10.1. The van der Waals surface area contributed by atoms with Crippen LogP contribution >= 0.6 is 0 Å². The van der Waals surface area contributed by atoms with Crippen molar-refractivity contribution in [2.75, 3.05) is 25.5 Å². The normalized spacial score (nSPS) is 12.2. The van der Waals surface area contributed by atoms with Crippen molar-refractivity contribution in [2.24, 2.45) is 0 Å². The third-order valence-electron chi connectivity index (χ3n) is 3.73. The van der Waals surface area contributed by atoms with Crippen molar-refractivity contribution in [2.45, 2.75) is 26.3 Å². The van der Waals surface area contributed by atoms with Gasteiger partial charge in [-0.2, -0.15) is 0 Å². The second-order valence-corrected chi connectivity index (χ2v) is 5.79. The molecule has 1 unspecified atom stereocenters.